The molecule has 8 nitrogen and oxygen atoms in total. The van der Waals surface area contributed by atoms with E-state index >= 15 is 0 Å². The summed E-state index contributed by atoms with van der Waals surface area (Å²) in [5.41, 5.74) is 2.04. The highest BCUT2D eigenvalue weighted by molar-refractivity contribution is 7.43. The normalized spacial score (nSPS) is 16.4. The second-order valence-electron chi connectivity index (χ2n) is 12.3. The fourth-order valence-electron chi connectivity index (χ4n) is 6.75. The average molecular weight is 719 g/mol. The second kappa shape index (κ2) is 12.2. The van der Waals surface area contributed by atoms with Gasteiger partial charge in [0.1, 0.15) is 34.1 Å². The maximum Gasteiger partial charge on any atom is 0.532 e. The van der Waals surface area contributed by atoms with Crippen molar-refractivity contribution in [3.05, 3.63) is 157 Å². The Kier molecular flexibility index (Phi) is 7.20. The molecule has 0 fully saturated rings. The number of hydrogen-bond donors (Lipinski definition) is 0. The van der Waals surface area contributed by atoms with Gasteiger partial charge in [-0.15, -0.1) is 0 Å². The SMILES string of the molecule is O=C1OP(Oc2ccc3ccccc3c2-c2c(OP3OC(=O)c4cc5ccccc5cc4O3)ccc3ccccc23)Oc2cc3ccccc3cc21. The highest BCUT2D eigenvalue weighted by Crippen LogP contribution is 2.55. The molecule has 2 unspecified atom stereocenters. The number of carbonyl (C=O) groups is 2. The molecule has 0 aliphatic carbocycles. The number of hydrogen-bond acceptors (Lipinski definition) is 8. The molecule has 52 heavy (non-hydrogen) atoms. The minimum atomic E-state index is -2.19. The summed E-state index contributed by atoms with van der Waals surface area (Å²) in [5.74, 6) is 0.557. The van der Waals surface area contributed by atoms with Crippen LogP contribution in [-0.4, -0.2) is 11.9 Å². The monoisotopic (exact) mass is 718 g/mol. The van der Waals surface area contributed by atoms with E-state index in [-0.39, 0.29) is 0 Å². The molecule has 2 atom stereocenters. The molecule has 0 radical (unpaired) electrons. The molecule has 0 saturated carbocycles. The van der Waals surface area contributed by atoms with Crippen molar-refractivity contribution in [1.29, 1.82) is 0 Å². The van der Waals surface area contributed by atoms with Crippen LogP contribution in [0, 0.1) is 0 Å². The highest BCUT2D eigenvalue weighted by Gasteiger charge is 2.36. The zero-order valence-electron chi connectivity index (χ0n) is 27.0. The third kappa shape index (κ3) is 5.24. The van der Waals surface area contributed by atoms with Gasteiger partial charge in [-0.1, -0.05) is 109 Å². The minimum Gasteiger partial charge on any atom is -0.408 e. The Balaban J connectivity index is 1.08. The predicted octanol–water partition coefficient (Wildman–Crippen LogP) is 11.7. The van der Waals surface area contributed by atoms with Gasteiger partial charge in [-0.3, -0.25) is 0 Å². The maximum atomic E-state index is 13.3. The lowest BCUT2D eigenvalue weighted by atomic mass is 9.92. The zero-order chi connectivity index (χ0) is 34.8. The van der Waals surface area contributed by atoms with Crippen LogP contribution >= 0.6 is 17.2 Å². The number of fused-ring (bicyclic) bond motifs is 6. The van der Waals surface area contributed by atoms with Gasteiger partial charge in [0.2, 0.25) is 0 Å². The van der Waals surface area contributed by atoms with E-state index < -0.39 is 29.1 Å². The molecule has 2 aliphatic heterocycles. The van der Waals surface area contributed by atoms with E-state index in [1.54, 1.807) is 12.1 Å². The van der Waals surface area contributed by atoms with Crippen LogP contribution in [0.2, 0.25) is 0 Å². The van der Waals surface area contributed by atoms with Crippen molar-refractivity contribution in [2.24, 2.45) is 0 Å². The lowest BCUT2D eigenvalue weighted by molar-refractivity contribution is 0.0685. The summed E-state index contributed by atoms with van der Waals surface area (Å²) in [7, 11) is -4.38. The predicted molar refractivity (Wildman–Crippen MR) is 202 cm³/mol. The number of rotatable bonds is 5. The van der Waals surface area contributed by atoms with Gasteiger partial charge in [0.25, 0.3) is 0 Å². The Hall–Kier alpha value is -6.20. The maximum absolute atomic E-state index is 13.3. The summed E-state index contributed by atoms with van der Waals surface area (Å²) < 4.78 is 37.0. The van der Waals surface area contributed by atoms with Crippen molar-refractivity contribution in [2.75, 3.05) is 0 Å². The van der Waals surface area contributed by atoms with E-state index in [0.29, 0.717) is 45.3 Å². The lowest BCUT2D eigenvalue weighted by Crippen LogP contribution is -2.15. The van der Waals surface area contributed by atoms with E-state index in [4.69, 9.17) is 27.1 Å². The van der Waals surface area contributed by atoms with Gasteiger partial charge in [0.15, 0.2) is 0 Å². The van der Waals surface area contributed by atoms with Crippen molar-refractivity contribution in [1.82, 2.24) is 0 Å². The average Bonchev–Trinajstić information content (AvgIpc) is 3.17. The molecule has 0 saturated heterocycles. The second-order valence-corrected chi connectivity index (χ2v) is 14.3. The molecule has 0 amide bonds. The van der Waals surface area contributed by atoms with Crippen LogP contribution in [0.25, 0.3) is 54.2 Å². The van der Waals surface area contributed by atoms with E-state index in [9.17, 15) is 9.59 Å². The topological polar surface area (TPSA) is 89.5 Å². The van der Waals surface area contributed by atoms with Gasteiger partial charge in [0.05, 0.1) is 0 Å². The summed E-state index contributed by atoms with van der Waals surface area (Å²) in [6.07, 6.45) is 0. The smallest absolute Gasteiger partial charge is 0.408 e. The molecule has 0 bridgehead atoms. The van der Waals surface area contributed by atoms with Crippen molar-refractivity contribution in [3.8, 4) is 34.1 Å². The fourth-order valence-corrected chi connectivity index (χ4v) is 8.69. The molecule has 0 aromatic heterocycles. The van der Waals surface area contributed by atoms with Crippen LogP contribution in [0.4, 0.5) is 0 Å². The minimum absolute atomic E-state index is 0.337. The summed E-state index contributed by atoms with van der Waals surface area (Å²) in [6.45, 7) is 0. The summed E-state index contributed by atoms with van der Waals surface area (Å²) >= 11 is 0. The van der Waals surface area contributed by atoms with Gasteiger partial charge >= 0.3 is 29.1 Å². The van der Waals surface area contributed by atoms with E-state index in [1.165, 1.54) is 0 Å². The van der Waals surface area contributed by atoms with Crippen molar-refractivity contribution < 1.29 is 36.7 Å². The Morgan fingerprint density at radius 3 is 1.17 bits per heavy atom. The van der Waals surface area contributed by atoms with E-state index in [0.717, 1.165) is 43.1 Å². The Morgan fingerprint density at radius 1 is 0.385 bits per heavy atom. The van der Waals surface area contributed by atoms with E-state index in [2.05, 4.69) is 0 Å². The standard InChI is InChI=1S/C42H24O8P2/c43-41-33-21-27-11-1-3-13-29(27)23-37(33)47-51(49-41)45-35-19-17-25-9-5-7-15-31(25)39(35)40-32-16-8-6-10-26(32)18-20-36(40)46-52-48-38-24-30-14-4-2-12-28(30)22-34(38)42(44)50-52/h1-24H. The van der Waals surface area contributed by atoms with Gasteiger partial charge in [0, 0.05) is 11.1 Å². The first-order chi connectivity index (χ1) is 25.6. The Bertz CT molecular complexity index is 2590. The summed E-state index contributed by atoms with van der Waals surface area (Å²) in [6, 6.07) is 46.1. The third-order valence-corrected chi connectivity index (χ3v) is 11.2. The molecule has 2 aliphatic rings. The van der Waals surface area contributed by atoms with Gasteiger partial charge < -0.3 is 27.1 Å². The Labute approximate surface area is 299 Å². The fraction of sp³-hybridized carbons (Fsp3) is 0. The molecular weight excluding hydrogens is 694 g/mol. The molecule has 250 valence electrons. The molecule has 8 aromatic rings. The molecular formula is C42H24O8P2. The largest absolute Gasteiger partial charge is 0.532 e. The van der Waals surface area contributed by atoms with Crippen LogP contribution in [0.3, 0.4) is 0 Å². The summed E-state index contributed by atoms with van der Waals surface area (Å²) in [4.78, 5) is 26.6. The number of benzene rings is 8. The van der Waals surface area contributed by atoms with Crippen molar-refractivity contribution >= 4 is 72.2 Å². The molecule has 10 heteroatoms. The van der Waals surface area contributed by atoms with Crippen LogP contribution in [0.1, 0.15) is 20.7 Å². The first-order valence-corrected chi connectivity index (χ1v) is 18.6. The third-order valence-electron chi connectivity index (χ3n) is 9.17. The van der Waals surface area contributed by atoms with Crippen molar-refractivity contribution in [3.63, 3.8) is 0 Å². The highest BCUT2D eigenvalue weighted by atomic mass is 31.2. The lowest BCUT2D eigenvalue weighted by Gasteiger charge is -2.26. The van der Waals surface area contributed by atoms with Crippen LogP contribution in [0.15, 0.2) is 146 Å². The molecule has 2 heterocycles. The van der Waals surface area contributed by atoms with Gasteiger partial charge in [-0.2, -0.15) is 0 Å². The van der Waals surface area contributed by atoms with Crippen LogP contribution < -0.4 is 18.1 Å². The molecule has 10 rings (SSSR count). The molecule has 0 N–H and O–H groups in total. The van der Waals surface area contributed by atoms with Crippen LogP contribution in [0.5, 0.6) is 23.0 Å². The number of carbonyl (C=O) groups excluding carboxylic acids is 2. The molecule has 8 aromatic carbocycles. The Morgan fingerprint density at radius 2 is 0.750 bits per heavy atom. The van der Waals surface area contributed by atoms with Gasteiger partial charge in [-0.05, 0) is 79.5 Å². The summed E-state index contributed by atoms with van der Waals surface area (Å²) in [5, 5.41) is 7.27. The first kappa shape index (κ1) is 30.6. The first-order valence-electron chi connectivity index (χ1n) is 16.4. The van der Waals surface area contributed by atoms with Gasteiger partial charge in [-0.25, -0.2) is 9.59 Å². The zero-order valence-corrected chi connectivity index (χ0v) is 28.8. The van der Waals surface area contributed by atoms with E-state index in [1.807, 2.05) is 133 Å². The molecule has 0 spiro atoms. The quantitative estimate of drug-likeness (QED) is 0.163. The van der Waals surface area contributed by atoms with Crippen molar-refractivity contribution in [2.45, 2.75) is 0 Å². The van der Waals surface area contributed by atoms with Crippen LogP contribution in [-0.2, 0) is 9.05 Å².